The Balaban J connectivity index is 2.68. The first-order chi connectivity index (χ1) is 8.34. The highest BCUT2D eigenvalue weighted by Crippen LogP contribution is 2.31. The molecule has 4 nitrogen and oxygen atoms in total. The van der Waals surface area contributed by atoms with Crippen molar-refractivity contribution in [3.8, 4) is 0 Å². The van der Waals surface area contributed by atoms with E-state index in [1.54, 1.807) is 11.5 Å². The summed E-state index contributed by atoms with van der Waals surface area (Å²) in [6.45, 7) is 4.06. The Kier molecular flexibility index (Phi) is 3.02. The third kappa shape index (κ3) is 2.05. The molecule has 0 radical (unpaired) electrons. The monoisotopic (exact) mass is 258 g/mol. The largest absolute Gasteiger partial charge is 0.417 e. The van der Waals surface area contributed by atoms with Gasteiger partial charge in [-0.2, -0.15) is 13.2 Å². The average Bonchev–Trinajstić information content (AvgIpc) is 2.65. The normalized spacial score (nSPS) is 14.1. The quantitative estimate of drug-likeness (QED) is 0.900. The van der Waals surface area contributed by atoms with E-state index in [2.05, 4.69) is 9.97 Å². The molecule has 18 heavy (non-hydrogen) atoms. The lowest BCUT2D eigenvalue weighted by Gasteiger charge is -2.09. The van der Waals surface area contributed by atoms with Crippen molar-refractivity contribution in [2.24, 2.45) is 5.73 Å². The van der Waals surface area contributed by atoms with Gasteiger partial charge in [0.2, 0.25) is 0 Å². The first kappa shape index (κ1) is 12.8. The first-order valence-electron chi connectivity index (χ1n) is 5.53. The molecule has 2 aromatic heterocycles. The molecule has 2 aromatic rings. The zero-order valence-electron chi connectivity index (χ0n) is 9.99. The number of fused-ring (bicyclic) bond motifs is 1. The van der Waals surface area contributed by atoms with Gasteiger partial charge in [0, 0.05) is 12.7 Å². The number of alkyl halides is 3. The van der Waals surface area contributed by atoms with Gasteiger partial charge >= 0.3 is 6.18 Å². The first-order valence-corrected chi connectivity index (χ1v) is 5.53. The predicted molar refractivity (Wildman–Crippen MR) is 60.8 cm³/mol. The molecule has 0 unspecified atom stereocenters. The zero-order valence-corrected chi connectivity index (χ0v) is 9.99. The molecule has 0 aliphatic heterocycles. The number of aromatic nitrogens is 3. The van der Waals surface area contributed by atoms with E-state index in [-0.39, 0.29) is 11.7 Å². The number of nitrogens with two attached hydrogens (primary N) is 1. The van der Waals surface area contributed by atoms with Crippen LogP contribution in [-0.4, -0.2) is 14.5 Å². The standard InChI is InChI=1S/C11H13F3N4/c1-3-18-8-4-7(11(12,13)14)5-16-9(8)17-10(18)6(2)15/h4-6H,3,15H2,1-2H3/t6-/m1/s1. The highest BCUT2D eigenvalue weighted by atomic mass is 19.4. The summed E-state index contributed by atoms with van der Waals surface area (Å²) < 4.78 is 39.5. The van der Waals surface area contributed by atoms with Crippen LogP contribution in [0.25, 0.3) is 11.2 Å². The second kappa shape index (κ2) is 4.24. The Bertz CT molecular complexity index is 571. The van der Waals surface area contributed by atoms with E-state index in [1.165, 1.54) is 0 Å². The molecule has 0 saturated carbocycles. The van der Waals surface area contributed by atoms with Crippen LogP contribution >= 0.6 is 0 Å². The molecule has 0 spiro atoms. The smallest absolute Gasteiger partial charge is 0.326 e. The lowest BCUT2D eigenvalue weighted by molar-refractivity contribution is -0.137. The Labute approximate surface area is 102 Å². The molecule has 0 aliphatic rings. The maximum atomic E-state index is 12.6. The van der Waals surface area contributed by atoms with Crippen LogP contribution < -0.4 is 5.73 Å². The maximum absolute atomic E-state index is 12.6. The molecule has 7 heteroatoms. The Morgan fingerprint density at radius 2 is 2.11 bits per heavy atom. The second-order valence-corrected chi connectivity index (χ2v) is 4.07. The van der Waals surface area contributed by atoms with Gasteiger partial charge in [0.1, 0.15) is 5.82 Å². The molecule has 0 aliphatic carbocycles. The third-order valence-electron chi connectivity index (χ3n) is 2.69. The van der Waals surface area contributed by atoms with E-state index >= 15 is 0 Å². The highest BCUT2D eigenvalue weighted by Gasteiger charge is 2.31. The summed E-state index contributed by atoms with van der Waals surface area (Å²) in [5, 5.41) is 0. The van der Waals surface area contributed by atoms with Crippen molar-refractivity contribution in [3.63, 3.8) is 0 Å². The third-order valence-corrected chi connectivity index (χ3v) is 2.69. The minimum atomic E-state index is -4.40. The van der Waals surface area contributed by atoms with Crippen LogP contribution in [0.1, 0.15) is 31.3 Å². The lowest BCUT2D eigenvalue weighted by atomic mass is 10.2. The van der Waals surface area contributed by atoms with Gasteiger partial charge in [-0.05, 0) is 19.9 Å². The fraction of sp³-hybridized carbons (Fsp3) is 0.455. The molecule has 0 aromatic carbocycles. The molecular weight excluding hydrogens is 245 g/mol. The number of nitrogens with zero attached hydrogens (tertiary/aromatic N) is 3. The van der Waals surface area contributed by atoms with E-state index in [1.807, 2.05) is 6.92 Å². The minimum Gasteiger partial charge on any atom is -0.326 e. The van der Waals surface area contributed by atoms with E-state index in [0.29, 0.717) is 17.9 Å². The van der Waals surface area contributed by atoms with Gasteiger partial charge in [0.05, 0.1) is 17.1 Å². The van der Waals surface area contributed by atoms with Crippen molar-refractivity contribution in [2.45, 2.75) is 32.6 Å². The van der Waals surface area contributed by atoms with E-state index in [0.717, 1.165) is 12.3 Å². The van der Waals surface area contributed by atoms with Crippen molar-refractivity contribution in [1.82, 2.24) is 14.5 Å². The van der Waals surface area contributed by atoms with Crippen LogP contribution in [0.15, 0.2) is 12.3 Å². The van der Waals surface area contributed by atoms with Crippen LogP contribution in [0.5, 0.6) is 0 Å². The van der Waals surface area contributed by atoms with Crippen molar-refractivity contribution < 1.29 is 13.2 Å². The van der Waals surface area contributed by atoms with E-state index in [4.69, 9.17) is 5.73 Å². The summed E-state index contributed by atoms with van der Waals surface area (Å²) in [6, 6.07) is 0.707. The summed E-state index contributed by atoms with van der Waals surface area (Å²) in [4.78, 5) is 7.92. The summed E-state index contributed by atoms with van der Waals surface area (Å²) in [5.74, 6) is 0.541. The van der Waals surface area contributed by atoms with Crippen molar-refractivity contribution in [1.29, 1.82) is 0 Å². The summed E-state index contributed by atoms with van der Waals surface area (Å²) in [5.41, 5.74) is 5.62. The van der Waals surface area contributed by atoms with Gasteiger partial charge in [-0.25, -0.2) is 9.97 Å². The van der Waals surface area contributed by atoms with Crippen LogP contribution in [0.3, 0.4) is 0 Å². The van der Waals surface area contributed by atoms with Gasteiger partial charge in [-0.15, -0.1) is 0 Å². The van der Waals surface area contributed by atoms with Crippen molar-refractivity contribution >= 4 is 11.2 Å². The zero-order chi connectivity index (χ0) is 13.5. The number of imidazole rings is 1. The minimum absolute atomic E-state index is 0.289. The fourth-order valence-corrected chi connectivity index (χ4v) is 1.86. The van der Waals surface area contributed by atoms with Crippen LogP contribution in [-0.2, 0) is 12.7 Å². The predicted octanol–water partition coefficient (Wildman–Crippen LogP) is 2.49. The molecule has 0 bridgehead atoms. The fourth-order valence-electron chi connectivity index (χ4n) is 1.86. The van der Waals surface area contributed by atoms with Crippen molar-refractivity contribution in [3.05, 3.63) is 23.7 Å². The van der Waals surface area contributed by atoms with Gasteiger partial charge in [0.15, 0.2) is 5.65 Å². The number of aryl methyl sites for hydroxylation is 1. The van der Waals surface area contributed by atoms with Crippen molar-refractivity contribution in [2.75, 3.05) is 0 Å². The summed E-state index contributed by atoms with van der Waals surface area (Å²) >= 11 is 0. The highest BCUT2D eigenvalue weighted by molar-refractivity contribution is 5.72. The number of pyridine rings is 1. The average molecular weight is 258 g/mol. The number of rotatable bonds is 2. The van der Waals surface area contributed by atoms with Crippen LogP contribution in [0.2, 0.25) is 0 Å². The van der Waals surface area contributed by atoms with Gasteiger partial charge in [-0.1, -0.05) is 0 Å². The second-order valence-electron chi connectivity index (χ2n) is 4.07. The molecule has 0 saturated heterocycles. The molecule has 2 rings (SSSR count). The molecule has 0 fully saturated rings. The molecule has 0 amide bonds. The Morgan fingerprint density at radius 3 is 2.61 bits per heavy atom. The molecule has 1 atom stereocenters. The van der Waals surface area contributed by atoms with Crippen LogP contribution in [0, 0.1) is 0 Å². The molecule has 2 N–H and O–H groups in total. The van der Waals surface area contributed by atoms with Gasteiger partial charge < -0.3 is 10.3 Å². The van der Waals surface area contributed by atoms with E-state index in [9.17, 15) is 13.2 Å². The molecular formula is C11H13F3N4. The molecule has 2 heterocycles. The number of hydrogen-bond donors (Lipinski definition) is 1. The lowest BCUT2D eigenvalue weighted by Crippen LogP contribution is -2.13. The SMILES string of the molecule is CCn1c([C@@H](C)N)nc2ncc(C(F)(F)F)cc21. The number of halogens is 3. The topological polar surface area (TPSA) is 56.7 Å². The van der Waals surface area contributed by atoms with E-state index < -0.39 is 11.7 Å². The van der Waals surface area contributed by atoms with Gasteiger partial charge in [0.25, 0.3) is 0 Å². The summed E-state index contributed by atoms with van der Waals surface area (Å²) in [6.07, 6.45) is -3.61. The molecule has 98 valence electrons. The Morgan fingerprint density at radius 1 is 1.44 bits per heavy atom. The van der Waals surface area contributed by atoms with Gasteiger partial charge in [-0.3, -0.25) is 0 Å². The Hall–Kier alpha value is -1.63. The number of hydrogen-bond acceptors (Lipinski definition) is 3. The summed E-state index contributed by atoms with van der Waals surface area (Å²) in [7, 11) is 0. The van der Waals surface area contributed by atoms with Crippen LogP contribution in [0.4, 0.5) is 13.2 Å². The maximum Gasteiger partial charge on any atom is 0.417 e.